The first-order valence-electron chi connectivity index (χ1n) is 19.2. The molecule has 5 aromatic carbocycles. The molecule has 0 atom stereocenters. The largest absolute Gasteiger partial charge is 0.458 e. The van der Waals surface area contributed by atoms with Crippen molar-refractivity contribution in [2.45, 2.75) is 59.2 Å². The summed E-state index contributed by atoms with van der Waals surface area (Å²) in [6.45, 7) is 11.1. The van der Waals surface area contributed by atoms with E-state index in [9.17, 15) is 0 Å². The average Bonchev–Trinajstić information content (AvgIpc) is 3.75. The molecule has 0 spiro atoms. The molecule has 0 aliphatic heterocycles. The van der Waals surface area contributed by atoms with Crippen molar-refractivity contribution in [2.24, 2.45) is 0 Å². The van der Waals surface area contributed by atoms with Crippen LogP contribution in [0.5, 0.6) is 11.5 Å². The van der Waals surface area contributed by atoms with Gasteiger partial charge < -0.3 is 4.74 Å². The van der Waals surface area contributed by atoms with E-state index in [0.29, 0.717) is 17.3 Å². The molecule has 0 amide bonds. The minimum Gasteiger partial charge on any atom is -0.458 e. The van der Waals surface area contributed by atoms with Gasteiger partial charge in [-0.15, -0.1) is 0 Å². The zero-order valence-electron chi connectivity index (χ0n) is 33.5. The summed E-state index contributed by atoms with van der Waals surface area (Å²) in [5.74, 6) is 1.86. The van der Waals surface area contributed by atoms with Gasteiger partial charge in [-0.2, -0.15) is 0 Å². The number of nitrogens with zero attached hydrogens (tertiary/aromatic N) is 4. The Morgan fingerprint density at radius 1 is 0.673 bits per heavy atom. The summed E-state index contributed by atoms with van der Waals surface area (Å²) in [4.78, 5) is 4.61. The van der Waals surface area contributed by atoms with Crippen molar-refractivity contribution in [2.75, 3.05) is 0 Å². The smallest absolute Gasteiger partial charge is 0.269 e. The summed E-state index contributed by atoms with van der Waals surface area (Å²) < 4.78 is 36.8. The first-order chi connectivity index (χ1) is 26.1. The SMILES string of the molecule is [2H]C([2H])([2H])c1ccnc(-n2c3ccccc3c3ccc(Oc4cccc(-n5[c-][n+](-c6cc(-c7ccccc7)cc(C(C)(C)C)c6)cc5C(C)(C)C)c4)cc32)c1. The molecule has 0 saturated carbocycles. The molecule has 0 unspecified atom stereocenters. The quantitative estimate of drug-likeness (QED) is 0.129. The van der Waals surface area contributed by atoms with Crippen LogP contribution in [0.25, 0.3) is 50.1 Å². The van der Waals surface area contributed by atoms with Crippen molar-refractivity contribution >= 4 is 21.8 Å². The molecule has 0 bridgehead atoms. The number of aromatic nitrogens is 4. The molecule has 5 nitrogen and oxygen atoms in total. The van der Waals surface area contributed by atoms with Crippen LogP contribution in [0.3, 0.4) is 0 Å². The maximum Gasteiger partial charge on any atom is 0.269 e. The number of hydrogen-bond donors (Lipinski definition) is 0. The van der Waals surface area contributed by atoms with E-state index >= 15 is 0 Å². The zero-order valence-corrected chi connectivity index (χ0v) is 30.5. The molecule has 0 radical (unpaired) electrons. The molecule has 0 N–H and O–H groups in total. The third kappa shape index (κ3) is 6.28. The van der Waals surface area contributed by atoms with Crippen LogP contribution < -0.4 is 9.30 Å². The highest BCUT2D eigenvalue weighted by molar-refractivity contribution is 6.09. The van der Waals surface area contributed by atoms with Crippen LogP contribution in [0.15, 0.2) is 140 Å². The minimum absolute atomic E-state index is 0.0448. The van der Waals surface area contributed by atoms with Gasteiger partial charge in [-0.3, -0.25) is 13.7 Å². The van der Waals surface area contributed by atoms with E-state index in [1.165, 1.54) is 16.7 Å². The summed E-state index contributed by atoms with van der Waals surface area (Å²) >= 11 is 0. The molecule has 3 heterocycles. The minimum atomic E-state index is -2.25. The monoisotopic (exact) mass is 683 g/mol. The van der Waals surface area contributed by atoms with Gasteiger partial charge in [0.2, 0.25) is 0 Å². The van der Waals surface area contributed by atoms with Crippen molar-refractivity contribution in [1.29, 1.82) is 0 Å². The predicted molar refractivity (Wildman–Crippen MR) is 212 cm³/mol. The summed E-state index contributed by atoms with van der Waals surface area (Å²) in [5, 5.41) is 2.06. The summed E-state index contributed by atoms with van der Waals surface area (Å²) in [6, 6.07) is 42.7. The topological polar surface area (TPSA) is 35.9 Å². The maximum atomic E-state index is 7.99. The number of benzene rings is 5. The fourth-order valence-corrected chi connectivity index (χ4v) is 6.83. The first kappa shape index (κ1) is 29.8. The van der Waals surface area contributed by atoms with Gasteiger partial charge in [0.1, 0.15) is 17.3 Å². The number of aryl methyl sites for hydroxylation is 1. The summed E-state index contributed by atoms with van der Waals surface area (Å²) in [5.41, 5.74) is 8.48. The van der Waals surface area contributed by atoms with Gasteiger partial charge in [-0.05, 0) is 101 Å². The van der Waals surface area contributed by atoms with Crippen molar-refractivity contribution < 1.29 is 13.4 Å². The van der Waals surface area contributed by atoms with Crippen LogP contribution >= 0.6 is 0 Å². The van der Waals surface area contributed by atoms with Gasteiger partial charge in [-0.1, -0.05) is 102 Å². The van der Waals surface area contributed by atoms with E-state index in [1.54, 1.807) is 18.3 Å². The van der Waals surface area contributed by atoms with Gasteiger partial charge in [0.25, 0.3) is 6.33 Å². The number of para-hydroxylation sites is 1. The molecule has 3 aromatic heterocycles. The average molecular weight is 684 g/mol. The predicted octanol–water partition coefficient (Wildman–Crippen LogP) is 11.4. The zero-order chi connectivity index (χ0) is 38.7. The molecular formula is C47H44N4O. The number of ether oxygens (including phenoxy) is 1. The second-order valence-corrected chi connectivity index (χ2v) is 15.5. The molecule has 52 heavy (non-hydrogen) atoms. The lowest BCUT2D eigenvalue weighted by Crippen LogP contribution is -2.29. The Labute approximate surface area is 310 Å². The number of imidazole rings is 1. The van der Waals surface area contributed by atoms with Crippen LogP contribution in [0.1, 0.15) is 62.5 Å². The van der Waals surface area contributed by atoms with Crippen molar-refractivity contribution in [3.8, 4) is 39.8 Å². The Balaban J connectivity index is 1.19. The fraction of sp³-hybridized carbons (Fsp3) is 0.191. The molecule has 5 heteroatoms. The van der Waals surface area contributed by atoms with Gasteiger partial charge in [0.15, 0.2) is 0 Å². The van der Waals surface area contributed by atoms with Gasteiger partial charge >= 0.3 is 0 Å². The first-order valence-corrected chi connectivity index (χ1v) is 17.7. The molecule has 0 saturated heterocycles. The second-order valence-electron chi connectivity index (χ2n) is 15.5. The van der Waals surface area contributed by atoms with Crippen LogP contribution in [-0.2, 0) is 10.8 Å². The maximum absolute atomic E-state index is 7.99. The Kier molecular flexibility index (Phi) is 7.26. The number of rotatable bonds is 6. The molecule has 0 fully saturated rings. The highest BCUT2D eigenvalue weighted by Crippen LogP contribution is 2.36. The van der Waals surface area contributed by atoms with Gasteiger partial charge in [-0.25, -0.2) is 4.98 Å². The van der Waals surface area contributed by atoms with E-state index in [0.717, 1.165) is 38.9 Å². The lowest BCUT2D eigenvalue weighted by molar-refractivity contribution is -0.599. The number of hydrogen-bond acceptors (Lipinski definition) is 2. The fourth-order valence-electron chi connectivity index (χ4n) is 6.83. The Hall–Kier alpha value is -5.94. The third-order valence-electron chi connectivity index (χ3n) is 9.57. The van der Waals surface area contributed by atoms with E-state index in [-0.39, 0.29) is 16.4 Å². The number of pyridine rings is 1. The molecule has 8 aromatic rings. The number of fused-ring (bicyclic) bond motifs is 3. The Morgan fingerprint density at radius 2 is 1.44 bits per heavy atom. The van der Waals surface area contributed by atoms with Crippen molar-refractivity contribution in [1.82, 2.24) is 14.1 Å². The Bertz CT molecular complexity index is 2690. The van der Waals surface area contributed by atoms with Crippen LogP contribution in [-0.4, -0.2) is 14.1 Å². The Morgan fingerprint density at radius 3 is 2.23 bits per heavy atom. The van der Waals surface area contributed by atoms with Crippen LogP contribution in [0.4, 0.5) is 0 Å². The van der Waals surface area contributed by atoms with E-state index in [4.69, 9.17) is 8.85 Å². The lowest BCUT2D eigenvalue weighted by Gasteiger charge is -2.22. The van der Waals surface area contributed by atoms with Gasteiger partial charge in [0.05, 0.1) is 28.1 Å². The highest BCUT2D eigenvalue weighted by atomic mass is 16.5. The third-order valence-corrected chi connectivity index (χ3v) is 9.57. The van der Waals surface area contributed by atoms with Crippen molar-refractivity contribution in [3.05, 3.63) is 163 Å². The normalized spacial score (nSPS) is 13.2. The molecular weight excluding hydrogens is 637 g/mol. The van der Waals surface area contributed by atoms with Crippen molar-refractivity contribution in [3.63, 3.8) is 0 Å². The standard InChI is InChI=1S/C47H44N4O/c1-32-22-23-48-45(24-32)51-42-19-12-11-18-40(42)41-21-20-39(29-43(41)51)52-38-17-13-16-36(28-38)50-31-49(30-44(50)47(5,6)7)37-26-34(33-14-9-8-10-15-33)25-35(27-37)46(2,3)4/h8-30H,1-7H3/i1D3. The highest BCUT2D eigenvalue weighted by Gasteiger charge is 2.24. The van der Waals surface area contributed by atoms with E-state index in [2.05, 4.69) is 129 Å². The van der Waals surface area contributed by atoms with E-state index < -0.39 is 6.85 Å². The van der Waals surface area contributed by atoms with Gasteiger partial charge in [0, 0.05) is 33.3 Å². The molecule has 0 aliphatic rings. The van der Waals surface area contributed by atoms with Crippen LogP contribution in [0, 0.1) is 13.2 Å². The lowest BCUT2D eigenvalue weighted by atomic mass is 9.85. The summed E-state index contributed by atoms with van der Waals surface area (Å²) in [6.07, 6.45) is 7.42. The molecule has 0 aliphatic carbocycles. The molecule has 258 valence electrons. The summed E-state index contributed by atoms with van der Waals surface area (Å²) in [7, 11) is 0. The second kappa shape index (κ2) is 12.7. The van der Waals surface area contributed by atoms with E-state index in [1.807, 2.05) is 59.2 Å². The molecule has 8 rings (SSSR count). The van der Waals surface area contributed by atoms with Crippen LogP contribution in [0.2, 0.25) is 0 Å².